The summed E-state index contributed by atoms with van der Waals surface area (Å²) in [6.45, 7) is 3.78. The number of aryl methyl sites for hydroxylation is 2. The second kappa shape index (κ2) is 4.18. The molecule has 0 saturated carbocycles. The van der Waals surface area contributed by atoms with Gasteiger partial charge in [-0.15, -0.1) is 0 Å². The topological polar surface area (TPSA) is 58.4 Å². The number of aromatic nitrogens is 1. The summed E-state index contributed by atoms with van der Waals surface area (Å²) >= 11 is 0. The third-order valence-electron chi connectivity index (χ3n) is 2.30. The van der Waals surface area contributed by atoms with Crippen LogP contribution in [0.25, 0.3) is 0 Å². The molecule has 1 N–H and O–H groups in total. The van der Waals surface area contributed by atoms with E-state index < -0.39 is 5.63 Å². The Hall–Kier alpha value is -2.10. The van der Waals surface area contributed by atoms with E-state index in [-0.39, 0.29) is 0 Å². The standard InChI is InChI=1S/C12H12N2O2/c1-8-3-5-10(6-4-8)13-7-11-9(2)14-16-12(11)15/h3-7,14H,1-2H3. The molecule has 82 valence electrons. The average molecular weight is 216 g/mol. The van der Waals surface area contributed by atoms with Gasteiger partial charge >= 0.3 is 5.63 Å². The van der Waals surface area contributed by atoms with E-state index in [0.717, 1.165) is 5.69 Å². The first-order chi connectivity index (χ1) is 7.66. The first-order valence-corrected chi connectivity index (χ1v) is 4.95. The highest BCUT2D eigenvalue weighted by molar-refractivity contribution is 5.82. The zero-order valence-electron chi connectivity index (χ0n) is 9.15. The highest BCUT2D eigenvalue weighted by Gasteiger charge is 2.04. The van der Waals surface area contributed by atoms with Crippen LogP contribution in [-0.2, 0) is 0 Å². The summed E-state index contributed by atoms with van der Waals surface area (Å²) in [6, 6.07) is 7.74. The second-order valence-corrected chi connectivity index (χ2v) is 3.62. The van der Waals surface area contributed by atoms with Gasteiger partial charge in [-0.3, -0.25) is 4.99 Å². The normalized spacial score (nSPS) is 11.1. The number of rotatable bonds is 2. The van der Waals surface area contributed by atoms with Crippen molar-refractivity contribution in [3.8, 4) is 0 Å². The lowest BCUT2D eigenvalue weighted by Gasteiger charge is -1.93. The molecule has 0 radical (unpaired) electrons. The van der Waals surface area contributed by atoms with Crippen molar-refractivity contribution in [1.29, 1.82) is 0 Å². The predicted molar refractivity (Wildman–Crippen MR) is 62.5 cm³/mol. The van der Waals surface area contributed by atoms with Crippen LogP contribution < -0.4 is 5.63 Å². The number of aliphatic imine (C=N–C) groups is 1. The van der Waals surface area contributed by atoms with Crippen molar-refractivity contribution in [3.63, 3.8) is 0 Å². The summed E-state index contributed by atoms with van der Waals surface area (Å²) in [5, 5.41) is 2.50. The molecule has 2 aromatic rings. The SMILES string of the molecule is Cc1ccc(N=Cc2c(C)[nH]oc2=O)cc1. The summed E-state index contributed by atoms with van der Waals surface area (Å²) in [5.74, 6) is 0. The number of hydrogen-bond donors (Lipinski definition) is 1. The van der Waals surface area contributed by atoms with Gasteiger partial charge in [0.05, 0.1) is 11.4 Å². The minimum absolute atomic E-state index is 0.395. The number of hydrogen-bond acceptors (Lipinski definition) is 3. The Labute approximate surface area is 92.6 Å². The van der Waals surface area contributed by atoms with Gasteiger partial charge in [-0.1, -0.05) is 17.7 Å². The Kier molecular flexibility index (Phi) is 2.72. The van der Waals surface area contributed by atoms with Crippen LogP contribution in [0.15, 0.2) is 38.6 Å². The van der Waals surface area contributed by atoms with E-state index in [9.17, 15) is 4.79 Å². The molecule has 2 rings (SSSR count). The molecule has 0 unspecified atom stereocenters. The van der Waals surface area contributed by atoms with Crippen LogP contribution in [-0.4, -0.2) is 11.4 Å². The van der Waals surface area contributed by atoms with Crippen molar-refractivity contribution in [3.05, 3.63) is 51.5 Å². The zero-order chi connectivity index (χ0) is 11.5. The molecule has 0 aliphatic heterocycles. The summed E-state index contributed by atoms with van der Waals surface area (Å²) in [6.07, 6.45) is 1.52. The Morgan fingerprint density at radius 1 is 1.25 bits per heavy atom. The Morgan fingerprint density at radius 2 is 1.94 bits per heavy atom. The lowest BCUT2D eigenvalue weighted by Crippen LogP contribution is -2.00. The molecule has 1 aromatic carbocycles. The average Bonchev–Trinajstić information content (AvgIpc) is 2.59. The van der Waals surface area contributed by atoms with Crippen molar-refractivity contribution < 1.29 is 4.52 Å². The van der Waals surface area contributed by atoms with E-state index in [1.54, 1.807) is 6.92 Å². The fraction of sp³-hybridized carbons (Fsp3) is 0.167. The molecule has 0 saturated heterocycles. The van der Waals surface area contributed by atoms with Crippen molar-refractivity contribution in [2.75, 3.05) is 0 Å². The first-order valence-electron chi connectivity index (χ1n) is 4.95. The van der Waals surface area contributed by atoms with Crippen molar-refractivity contribution >= 4 is 11.9 Å². The molecule has 0 bridgehead atoms. The van der Waals surface area contributed by atoms with Crippen LogP contribution in [0.2, 0.25) is 0 Å². The summed E-state index contributed by atoms with van der Waals surface area (Å²) in [4.78, 5) is 15.4. The van der Waals surface area contributed by atoms with Crippen LogP contribution in [0.3, 0.4) is 0 Å². The molecule has 0 aliphatic carbocycles. The molecule has 0 aliphatic rings. The number of nitrogens with zero attached hydrogens (tertiary/aromatic N) is 1. The third kappa shape index (κ3) is 2.11. The van der Waals surface area contributed by atoms with Gasteiger partial charge < -0.3 is 4.52 Å². The van der Waals surface area contributed by atoms with Gasteiger partial charge in [0.25, 0.3) is 0 Å². The van der Waals surface area contributed by atoms with Crippen molar-refractivity contribution in [2.45, 2.75) is 13.8 Å². The van der Waals surface area contributed by atoms with Gasteiger partial charge in [-0.2, -0.15) is 0 Å². The molecule has 1 aromatic heterocycles. The maximum Gasteiger partial charge on any atom is 0.366 e. The van der Waals surface area contributed by atoms with E-state index >= 15 is 0 Å². The fourth-order valence-corrected chi connectivity index (χ4v) is 1.31. The summed E-state index contributed by atoms with van der Waals surface area (Å²) in [5.41, 5.74) is 2.73. The zero-order valence-corrected chi connectivity index (χ0v) is 9.15. The van der Waals surface area contributed by atoms with Crippen LogP contribution in [0.1, 0.15) is 16.8 Å². The quantitative estimate of drug-likeness (QED) is 0.783. The summed E-state index contributed by atoms with van der Waals surface area (Å²) in [7, 11) is 0. The van der Waals surface area contributed by atoms with Crippen LogP contribution >= 0.6 is 0 Å². The lowest BCUT2D eigenvalue weighted by atomic mass is 10.2. The number of aromatic amines is 1. The van der Waals surface area contributed by atoms with Gasteiger partial charge in [0.2, 0.25) is 0 Å². The number of benzene rings is 1. The molecule has 0 fully saturated rings. The van der Waals surface area contributed by atoms with Gasteiger partial charge in [0, 0.05) is 6.21 Å². The maximum absolute atomic E-state index is 11.2. The fourth-order valence-electron chi connectivity index (χ4n) is 1.31. The van der Waals surface area contributed by atoms with E-state index in [1.807, 2.05) is 31.2 Å². The smallest absolute Gasteiger partial charge is 0.338 e. The molecule has 4 nitrogen and oxygen atoms in total. The van der Waals surface area contributed by atoms with Gasteiger partial charge in [-0.05, 0) is 26.0 Å². The van der Waals surface area contributed by atoms with Gasteiger partial charge in [0.1, 0.15) is 5.56 Å². The van der Waals surface area contributed by atoms with Crippen LogP contribution in [0, 0.1) is 13.8 Å². The van der Waals surface area contributed by atoms with Gasteiger partial charge in [-0.25, -0.2) is 9.95 Å². The van der Waals surface area contributed by atoms with Gasteiger partial charge in [0.15, 0.2) is 0 Å². The predicted octanol–water partition coefficient (Wildman–Crippen LogP) is 2.34. The third-order valence-corrected chi connectivity index (χ3v) is 2.30. The molecule has 0 atom stereocenters. The van der Waals surface area contributed by atoms with E-state index in [0.29, 0.717) is 11.3 Å². The largest absolute Gasteiger partial charge is 0.366 e. The molecule has 0 amide bonds. The van der Waals surface area contributed by atoms with E-state index in [4.69, 9.17) is 0 Å². The van der Waals surface area contributed by atoms with Crippen molar-refractivity contribution in [1.82, 2.24) is 5.16 Å². The minimum atomic E-state index is -0.395. The molecule has 0 spiro atoms. The van der Waals surface area contributed by atoms with Crippen molar-refractivity contribution in [2.24, 2.45) is 4.99 Å². The number of nitrogens with one attached hydrogen (secondary N) is 1. The Morgan fingerprint density at radius 3 is 2.50 bits per heavy atom. The molecule has 4 heteroatoms. The monoisotopic (exact) mass is 216 g/mol. The van der Waals surface area contributed by atoms with E-state index in [1.165, 1.54) is 11.8 Å². The highest BCUT2D eigenvalue weighted by Crippen LogP contribution is 2.12. The molecular formula is C12H12N2O2. The van der Waals surface area contributed by atoms with E-state index in [2.05, 4.69) is 14.7 Å². The summed E-state index contributed by atoms with van der Waals surface area (Å²) < 4.78 is 4.63. The number of H-pyrrole nitrogens is 1. The Balaban J connectivity index is 2.28. The highest BCUT2D eigenvalue weighted by atomic mass is 16.5. The molecule has 16 heavy (non-hydrogen) atoms. The van der Waals surface area contributed by atoms with Crippen LogP contribution in [0.4, 0.5) is 5.69 Å². The second-order valence-electron chi connectivity index (χ2n) is 3.62. The maximum atomic E-state index is 11.2. The molecular weight excluding hydrogens is 204 g/mol. The molecule has 1 heterocycles. The first kappa shape index (κ1) is 10.4. The van der Waals surface area contributed by atoms with Crippen LogP contribution in [0.5, 0.6) is 0 Å². The minimum Gasteiger partial charge on any atom is -0.338 e. The lowest BCUT2D eigenvalue weighted by molar-refractivity contribution is 0.387. The Bertz CT molecular complexity index is 561.